The maximum Gasteiger partial charge on any atom is 0.0810 e. The molecule has 3 heteroatoms. The minimum absolute atomic E-state index is 0.268. The third-order valence-electron chi connectivity index (χ3n) is 2.81. The number of hydrogen-bond donors (Lipinski definition) is 0. The molecule has 1 fully saturated rings. The fourth-order valence-corrected chi connectivity index (χ4v) is 1.88. The Kier molecular flexibility index (Phi) is 5.49. The summed E-state index contributed by atoms with van der Waals surface area (Å²) in [5, 5.41) is 0. The van der Waals surface area contributed by atoms with Crippen LogP contribution in [0.5, 0.6) is 0 Å². The molecule has 1 aliphatic heterocycles. The highest BCUT2D eigenvalue weighted by molar-refractivity contribution is 5.13. The molecular formula is C14H20O3. The summed E-state index contributed by atoms with van der Waals surface area (Å²) >= 11 is 0. The van der Waals surface area contributed by atoms with Crippen molar-refractivity contribution >= 4 is 0 Å². The molecule has 1 saturated heterocycles. The van der Waals surface area contributed by atoms with E-state index in [-0.39, 0.29) is 6.10 Å². The standard InChI is InChI=1S/C14H20O3/c1-2-5-13(6-3-1)11-16-9-10-17-14-7-4-8-15-12-14/h1-3,5-6,14H,4,7-12H2. The van der Waals surface area contributed by atoms with Gasteiger partial charge in [-0.1, -0.05) is 30.3 Å². The Morgan fingerprint density at radius 1 is 1.18 bits per heavy atom. The number of rotatable bonds is 6. The zero-order valence-corrected chi connectivity index (χ0v) is 10.1. The molecule has 1 atom stereocenters. The van der Waals surface area contributed by atoms with Crippen molar-refractivity contribution in [2.75, 3.05) is 26.4 Å². The summed E-state index contributed by atoms with van der Waals surface area (Å²) in [7, 11) is 0. The van der Waals surface area contributed by atoms with E-state index in [0.29, 0.717) is 19.8 Å². The van der Waals surface area contributed by atoms with Gasteiger partial charge in [0.15, 0.2) is 0 Å². The molecule has 94 valence electrons. The van der Waals surface area contributed by atoms with E-state index in [1.165, 1.54) is 5.56 Å². The fourth-order valence-electron chi connectivity index (χ4n) is 1.88. The van der Waals surface area contributed by atoms with E-state index < -0.39 is 0 Å². The van der Waals surface area contributed by atoms with Gasteiger partial charge in [-0.15, -0.1) is 0 Å². The summed E-state index contributed by atoms with van der Waals surface area (Å²) in [6.07, 6.45) is 2.48. The lowest BCUT2D eigenvalue weighted by molar-refractivity contribution is -0.0661. The molecule has 17 heavy (non-hydrogen) atoms. The zero-order chi connectivity index (χ0) is 11.8. The Balaban J connectivity index is 1.51. The molecule has 0 saturated carbocycles. The summed E-state index contributed by atoms with van der Waals surface area (Å²) in [4.78, 5) is 0. The first-order chi connectivity index (χ1) is 8.45. The second-order valence-electron chi connectivity index (χ2n) is 4.25. The predicted molar refractivity (Wildman–Crippen MR) is 65.9 cm³/mol. The van der Waals surface area contributed by atoms with Crippen molar-refractivity contribution in [1.82, 2.24) is 0 Å². The van der Waals surface area contributed by atoms with Crippen LogP contribution in [0.3, 0.4) is 0 Å². The van der Waals surface area contributed by atoms with E-state index >= 15 is 0 Å². The molecule has 1 heterocycles. The van der Waals surface area contributed by atoms with Crippen LogP contribution in [0.15, 0.2) is 30.3 Å². The van der Waals surface area contributed by atoms with Gasteiger partial charge in [0, 0.05) is 6.61 Å². The zero-order valence-electron chi connectivity index (χ0n) is 10.1. The van der Waals surface area contributed by atoms with Crippen LogP contribution in [-0.4, -0.2) is 32.5 Å². The van der Waals surface area contributed by atoms with Crippen molar-refractivity contribution < 1.29 is 14.2 Å². The van der Waals surface area contributed by atoms with Crippen molar-refractivity contribution in [3.8, 4) is 0 Å². The Bertz CT molecular complexity index is 294. The Hall–Kier alpha value is -0.900. The molecular weight excluding hydrogens is 216 g/mol. The molecule has 0 N–H and O–H groups in total. The largest absolute Gasteiger partial charge is 0.379 e. The highest BCUT2D eigenvalue weighted by Gasteiger charge is 2.13. The Morgan fingerprint density at radius 2 is 2.06 bits per heavy atom. The third-order valence-corrected chi connectivity index (χ3v) is 2.81. The first-order valence-corrected chi connectivity index (χ1v) is 6.26. The van der Waals surface area contributed by atoms with Crippen molar-refractivity contribution in [2.24, 2.45) is 0 Å². The summed E-state index contributed by atoms with van der Waals surface area (Å²) in [6.45, 7) is 3.57. The molecule has 1 aromatic rings. The van der Waals surface area contributed by atoms with Crippen LogP contribution >= 0.6 is 0 Å². The smallest absolute Gasteiger partial charge is 0.0810 e. The summed E-state index contributed by atoms with van der Waals surface area (Å²) in [5.41, 5.74) is 1.20. The van der Waals surface area contributed by atoms with Crippen LogP contribution in [0, 0.1) is 0 Å². The van der Waals surface area contributed by atoms with Gasteiger partial charge in [0.25, 0.3) is 0 Å². The van der Waals surface area contributed by atoms with E-state index in [4.69, 9.17) is 14.2 Å². The van der Waals surface area contributed by atoms with Gasteiger partial charge in [0.2, 0.25) is 0 Å². The van der Waals surface area contributed by atoms with E-state index in [2.05, 4.69) is 12.1 Å². The summed E-state index contributed by atoms with van der Waals surface area (Å²) in [5.74, 6) is 0. The van der Waals surface area contributed by atoms with Gasteiger partial charge in [0.1, 0.15) is 0 Å². The molecule has 0 radical (unpaired) electrons. The highest BCUT2D eigenvalue weighted by Crippen LogP contribution is 2.09. The SMILES string of the molecule is c1ccc(COCCOC2CCCOC2)cc1. The van der Waals surface area contributed by atoms with Crippen molar-refractivity contribution in [3.05, 3.63) is 35.9 Å². The lowest BCUT2D eigenvalue weighted by Crippen LogP contribution is -2.26. The molecule has 2 rings (SSSR count). The fraction of sp³-hybridized carbons (Fsp3) is 0.571. The van der Waals surface area contributed by atoms with Crippen molar-refractivity contribution in [3.63, 3.8) is 0 Å². The van der Waals surface area contributed by atoms with Crippen LogP contribution in [-0.2, 0) is 20.8 Å². The molecule has 0 aromatic heterocycles. The molecule has 1 aliphatic rings. The number of benzene rings is 1. The lowest BCUT2D eigenvalue weighted by atomic mass is 10.2. The van der Waals surface area contributed by atoms with E-state index in [1.807, 2.05) is 18.2 Å². The molecule has 1 aromatic carbocycles. The summed E-state index contributed by atoms with van der Waals surface area (Å²) in [6, 6.07) is 10.2. The maximum absolute atomic E-state index is 5.67. The second kappa shape index (κ2) is 7.43. The quantitative estimate of drug-likeness (QED) is 0.710. The second-order valence-corrected chi connectivity index (χ2v) is 4.25. The molecule has 0 aliphatic carbocycles. The van der Waals surface area contributed by atoms with Crippen LogP contribution in [0.2, 0.25) is 0 Å². The van der Waals surface area contributed by atoms with Gasteiger partial charge < -0.3 is 14.2 Å². The van der Waals surface area contributed by atoms with Crippen LogP contribution in [0.4, 0.5) is 0 Å². The van der Waals surface area contributed by atoms with E-state index in [1.54, 1.807) is 0 Å². The van der Waals surface area contributed by atoms with Crippen molar-refractivity contribution in [1.29, 1.82) is 0 Å². The molecule has 3 nitrogen and oxygen atoms in total. The maximum atomic E-state index is 5.67. The van der Waals surface area contributed by atoms with Gasteiger partial charge in [-0.05, 0) is 18.4 Å². The molecule has 0 bridgehead atoms. The number of hydrogen-bond acceptors (Lipinski definition) is 3. The molecule has 1 unspecified atom stereocenters. The number of ether oxygens (including phenoxy) is 3. The van der Waals surface area contributed by atoms with Crippen LogP contribution in [0.1, 0.15) is 18.4 Å². The van der Waals surface area contributed by atoms with Gasteiger partial charge >= 0.3 is 0 Å². The minimum atomic E-state index is 0.268. The average molecular weight is 236 g/mol. The summed E-state index contributed by atoms with van der Waals surface area (Å²) < 4.78 is 16.6. The van der Waals surface area contributed by atoms with Crippen molar-refractivity contribution in [2.45, 2.75) is 25.6 Å². The van der Waals surface area contributed by atoms with E-state index in [0.717, 1.165) is 26.1 Å². The highest BCUT2D eigenvalue weighted by atomic mass is 16.6. The normalized spacial score (nSPS) is 20.4. The van der Waals surface area contributed by atoms with Gasteiger partial charge in [-0.2, -0.15) is 0 Å². The van der Waals surface area contributed by atoms with Crippen LogP contribution in [0.25, 0.3) is 0 Å². The minimum Gasteiger partial charge on any atom is -0.379 e. The first-order valence-electron chi connectivity index (χ1n) is 6.26. The van der Waals surface area contributed by atoms with Gasteiger partial charge in [-0.25, -0.2) is 0 Å². The van der Waals surface area contributed by atoms with Gasteiger partial charge in [-0.3, -0.25) is 0 Å². The molecule has 0 spiro atoms. The average Bonchev–Trinajstić information content (AvgIpc) is 2.41. The molecule has 0 amide bonds. The third kappa shape index (κ3) is 4.86. The predicted octanol–water partition coefficient (Wildman–Crippen LogP) is 2.40. The monoisotopic (exact) mass is 236 g/mol. The van der Waals surface area contributed by atoms with E-state index in [9.17, 15) is 0 Å². The van der Waals surface area contributed by atoms with Crippen LogP contribution < -0.4 is 0 Å². The Labute approximate surface area is 103 Å². The lowest BCUT2D eigenvalue weighted by Gasteiger charge is -2.22. The topological polar surface area (TPSA) is 27.7 Å². The first kappa shape index (κ1) is 12.6. The van der Waals surface area contributed by atoms with Gasteiger partial charge in [0.05, 0.1) is 32.5 Å². The Morgan fingerprint density at radius 3 is 2.82 bits per heavy atom.